The first-order valence-electron chi connectivity index (χ1n) is 7.81. The summed E-state index contributed by atoms with van der Waals surface area (Å²) in [5.41, 5.74) is 2.54. The molecule has 0 bridgehead atoms. The maximum Gasteiger partial charge on any atom is 0.0361 e. The van der Waals surface area contributed by atoms with Crippen molar-refractivity contribution in [1.82, 2.24) is 4.90 Å². The second kappa shape index (κ2) is 7.49. The summed E-state index contributed by atoms with van der Waals surface area (Å²) in [6.07, 6.45) is 11.5. The van der Waals surface area contributed by atoms with Gasteiger partial charge in [0.1, 0.15) is 0 Å². The molecule has 110 valence electrons. The molecule has 0 aromatic heterocycles. The average Bonchev–Trinajstić information content (AvgIpc) is 2.48. The van der Waals surface area contributed by atoms with Crippen molar-refractivity contribution in [3.63, 3.8) is 0 Å². The Morgan fingerprint density at radius 1 is 1.00 bits per heavy atom. The molecule has 0 saturated heterocycles. The largest absolute Gasteiger partial charge is 0.378 e. The Morgan fingerprint density at radius 3 is 2.25 bits per heavy atom. The number of hydrogen-bond donors (Lipinski definition) is 0. The minimum absolute atomic E-state index is 0.796. The minimum Gasteiger partial charge on any atom is -0.378 e. The van der Waals surface area contributed by atoms with E-state index < -0.39 is 0 Å². The second-order valence-electron chi connectivity index (χ2n) is 6.12. The first-order valence-corrected chi connectivity index (χ1v) is 7.81. The summed E-state index contributed by atoms with van der Waals surface area (Å²) in [6, 6.07) is 9.51. The van der Waals surface area contributed by atoms with Gasteiger partial charge in [-0.15, -0.1) is 0 Å². The van der Waals surface area contributed by atoms with Crippen LogP contribution in [0.5, 0.6) is 0 Å². The Labute approximate surface area is 124 Å². The van der Waals surface area contributed by atoms with Gasteiger partial charge in [0.25, 0.3) is 0 Å². The third-order valence-electron chi connectivity index (χ3n) is 4.31. The summed E-state index contributed by atoms with van der Waals surface area (Å²) in [7, 11) is 6.41. The van der Waals surface area contributed by atoms with E-state index >= 15 is 0 Å². The highest BCUT2D eigenvalue weighted by atomic mass is 15.1. The highest BCUT2D eigenvalue weighted by Crippen LogP contribution is 2.21. The fourth-order valence-electron chi connectivity index (χ4n) is 2.91. The van der Waals surface area contributed by atoms with E-state index in [1.165, 1.54) is 43.4 Å². The number of hydrogen-bond acceptors (Lipinski definition) is 2. The summed E-state index contributed by atoms with van der Waals surface area (Å²) in [4.78, 5) is 4.63. The van der Waals surface area contributed by atoms with Gasteiger partial charge in [0.05, 0.1) is 0 Å². The predicted octanol–water partition coefficient (Wildman–Crippen LogP) is 4.03. The number of benzene rings is 1. The zero-order valence-electron chi connectivity index (χ0n) is 13.2. The van der Waals surface area contributed by atoms with E-state index in [-0.39, 0.29) is 0 Å². The Kier molecular flexibility index (Phi) is 5.66. The normalized spacial score (nSPS) is 17.0. The molecule has 0 radical (unpaired) electrons. The predicted molar refractivity (Wildman–Crippen MR) is 89.3 cm³/mol. The number of nitrogens with zero attached hydrogens (tertiary/aromatic N) is 2. The van der Waals surface area contributed by atoms with E-state index in [0.29, 0.717) is 0 Å². The molecule has 0 spiro atoms. The molecule has 1 aromatic rings. The molecule has 1 saturated carbocycles. The summed E-state index contributed by atoms with van der Waals surface area (Å²) in [6.45, 7) is 1.06. The molecular weight excluding hydrogens is 244 g/mol. The van der Waals surface area contributed by atoms with E-state index in [1.54, 1.807) is 0 Å². The fraction of sp³-hybridized carbons (Fsp3) is 0.556. The molecule has 0 atom stereocenters. The van der Waals surface area contributed by atoms with Gasteiger partial charge in [-0.05, 0) is 37.6 Å². The average molecular weight is 272 g/mol. The van der Waals surface area contributed by atoms with Gasteiger partial charge in [-0.2, -0.15) is 0 Å². The highest BCUT2D eigenvalue weighted by molar-refractivity contribution is 5.55. The van der Waals surface area contributed by atoms with Crippen LogP contribution in [-0.4, -0.2) is 38.6 Å². The zero-order chi connectivity index (χ0) is 14.4. The van der Waals surface area contributed by atoms with Crippen molar-refractivity contribution in [2.45, 2.75) is 38.1 Å². The van der Waals surface area contributed by atoms with Crippen molar-refractivity contribution >= 4 is 11.8 Å². The van der Waals surface area contributed by atoms with Gasteiger partial charge in [-0.25, -0.2) is 0 Å². The fourth-order valence-corrected chi connectivity index (χ4v) is 2.91. The zero-order valence-corrected chi connectivity index (χ0v) is 13.2. The Bertz CT molecular complexity index is 414. The maximum atomic E-state index is 2.50. The number of anilines is 1. The van der Waals surface area contributed by atoms with Crippen LogP contribution in [0.3, 0.4) is 0 Å². The number of likely N-dealkylation sites (N-methyl/N-ethyl adjacent to an activating group) is 1. The first kappa shape index (κ1) is 15.1. The third-order valence-corrected chi connectivity index (χ3v) is 4.31. The van der Waals surface area contributed by atoms with Crippen LogP contribution in [-0.2, 0) is 0 Å². The molecule has 2 rings (SSSR count). The molecule has 0 aliphatic heterocycles. The van der Waals surface area contributed by atoms with Crippen molar-refractivity contribution in [1.29, 1.82) is 0 Å². The van der Waals surface area contributed by atoms with Crippen LogP contribution in [0.2, 0.25) is 0 Å². The lowest BCUT2D eigenvalue weighted by molar-refractivity contribution is 0.209. The van der Waals surface area contributed by atoms with Crippen molar-refractivity contribution in [3.05, 3.63) is 35.9 Å². The Morgan fingerprint density at radius 2 is 1.65 bits per heavy atom. The smallest absolute Gasteiger partial charge is 0.0361 e. The van der Waals surface area contributed by atoms with Crippen LogP contribution >= 0.6 is 0 Å². The van der Waals surface area contributed by atoms with Crippen LogP contribution in [0.1, 0.15) is 37.7 Å². The lowest BCUT2D eigenvalue weighted by atomic mass is 9.94. The van der Waals surface area contributed by atoms with Gasteiger partial charge in [0.15, 0.2) is 0 Å². The molecule has 0 amide bonds. The van der Waals surface area contributed by atoms with E-state index in [1.807, 2.05) is 0 Å². The molecular formula is C18H28N2. The quantitative estimate of drug-likeness (QED) is 0.798. The van der Waals surface area contributed by atoms with Crippen LogP contribution in [0, 0.1) is 0 Å². The summed E-state index contributed by atoms with van der Waals surface area (Å²) >= 11 is 0. The van der Waals surface area contributed by atoms with Gasteiger partial charge in [0, 0.05) is 32.4 Å². The van der Waals surface area contributed by atoms with Crippen molar-refractivity contribution in [2.75, 3.05) is 32.6 Å². The van der Waals surface area contributed by atoms with E-state index in [2.05, 4.69) is 67.4 Å². The highest BCUT2D eigenvalue weighted by Gasteiger charge is 2.16. The first-order chi connectivity index (χ1) is 9.66. The molecule has 1 aliphatic rings. The van der Waals surface area contributed by atoms with E-state index in [9.17, 15) is 0 Å². The van der Waals surface area contributed by atoms with E-state index in [4.69, 9.17) is 0 Å². The van der Waals surface area contributed by atoms with Crippen LogP contribution in [0.15, 0.2) is 30.3 Å². The molecule has 0 heterocycles. The Balaban J connectivity index is 1.83. The lowest BCUT2D eigenvalue weighted by Gasteiger charge is -2.30. The van der Waals surface area contributed by atoms with Crippen LogP contribution in [0.25, 0.3) is 6.08 Å². The SMILES string of the molecule is CN(C)c1ccc(/C=C/CN(C)C2CCCCC2)cc1. The summed E-state index contributed by atoms with van der Waals surface area (Å²) in [5.74, 6) is 0. The Hall–Kier alpha value is -1.28. The standard InChI is InChI=1S/C18H28N2/c1-19(2)17-13-11-16(12-14-17)8-7-15-20(3)18-9-5-4-6-10-18/h7-8,11-14,18H,4-6,9-10,15H2,1-3H3/b8-7+. The number of rotatable bonds is 5. The van der Waals surface area contributed by atoms with Gasteiger partial charge in [-0.3, -0.25) is 4.90 Å². The molecule has 0 unspecified atom stereocenters. The minimum atomic E-state index is 0.796. The molecule has 1 aliphatic carbocycles. The molecule has 1 fully saturated rings. The molecule has 0 N–H and O–H groups in total. The van der Waals surface area contributed by atoms with Crippen LogP contribution < -0.4 is 4.90 Å². The van der Waals surface area contributed by atoms with Crippen molar-refractivity contribution < 1.29 is 0 Å². The van der Waals surface area contributed by atoms with Gasteiger partial charge in [-0.1, -0.05) is 43.5 Å². The van der Waals surface area contributed by atoms with E-state index in [0.717, 1.165) is 12.6 Å². The van der Waals surface area contributed by atoms with Crippen molar-refractivity contribution in [3.8, 4) is 0 Å². The van der Waals surface area contributed by atoms with Crippen LogP contribution in [0.4, 0.5) is 5.69 Å². The maximum absolute atomic E-state index is 2.50. The third kappa shape index (κ3) is 4.38. The lowest BCUT2D eigenvalue weighted by Crippen LogP contribution is -2.33. The molecule has 2 nitrogen and oxygen atoms in total. The molecule has 2 heteroatoms. The second-order valence-corrected chi connectivity index (χ2v) is 6.12. The van der Waals surface area contributed by atoms with Gasteiger partial charge >= 0.3 is 0 Å². The summed E-state index contributed by atoms with van der Waals surface area (Å²) < 4.78 is 0. The molecule has 1 aromatic carbocycles. The summed E-state index contributed by atoms with van der Waals surface area (Å²) in [5, 5.41) is 0. The monoisotopic (exact) mass is 272 g/mol. The van der Waals surface area contributed by atoms with Gasteiger partial charge in [0.2, 0.25) is 0 Å². The van der Waals surface area contributed by atoms with Gasteiger partial charge < -0.3 is 4.90 Å². The molecule has 20 heavy (non-hydrogen) atoms. The van der Waals surface area contributed by atoms with Crippen molar-refractivity contribution in [2.24, 2.45) is 0 Å². The topological polar surface area (TPSA) is 6.48 Å².